The number of aryl methyl sites for hydroxylation is 2. The van der Waals surface area contributed by atoms with E-state index in [0.29, 0.717) is 37.6 Å². The molecule has 0 saturated heterocycles. The number of benzene rings is 2. The molecule has 6 heteroatoms. The van der Waals surface area contributed by atoms with Crippen molar-refractivity contribution in [2.75, 3.05) is 13.2 Å². The lowest BCUT2D eigenvalue weighted by Crippen LogP contribution is -2.18. The van der Waals surface area contributed by atoms with E-state index in [-0.39, 0.29) is 0 Å². The van der Waals surface area contributed by atoms with Crippen LogP contribution >= 0.6 is 0 Å². The first-order valence-corrected chi connectivity index (χ1v) is 14.9. The van der Waals surface area contributed by atoms with Crippen LogP contribution in [-0.2, 0) is 31.8 Å². The van der Waals surface area contributed by atoms with Crippen LogP contribution in [-0.4, -0.2) is 25.5 Å². The molecule has 0 spiro atoms. The Labute approximate surface area is 238 Å². The predicted molar refractivity (Wildman–Crippen MR) is 157 cm³/mol. The van der Waals surface area contributed by atoms with Gasteiger partial charge in [-0.2, -0.15) is 0 Å². The molecule has 2 aromatic rings. The van der Waals surface area contributed by atoms with Crippen LogP contribution in [0.3, 0.4) is 0 Å². The first-order valence-electron chi connectivity index (χ1n) is 14.9. The highest BCUT2D eigenvalue weighted by atomic mass is 16.7. The summed E-state index contributed by atoms with van der Waals surface area (Å²) in [5, 5.41) is 0. The molecule has 0 atom stereocenters. The molecule has 0 fully saturated rings. The highest BCUT2D eigenvalue weighted by Crippen LogP contribution is 2.46. The number of ether oxygens (including phenoxy) is 4. The van der Waals surface area contributed by atoms with Gasteiger partial charge >= 0.3 is 12.3 Å². The fourth-order valence-electron chi connectivity index (χ4n) is 5.39. The van der Waals surface area contributed by atoms with Crippen molar-refractivity contribution in [3.05, 3.63) is 82.3 Å². The molecule has 40 heavy (non-hydrogen) atoms. The fraction of sp³-hybridized carbons (Fsp3) is 0.471. The Bertz CT molecular complexity index is 1130. The van der Waals surface area contributed by atoms with Crippen molar-refractivity contribution in [1.29, 1.82) is 0 Å². The number of carbonyl (C=O) groups is 2. The molecule has 2 aromatic carbocycles. The van der Waals surface area contributed by atoms with Crippen LogP contribution in [0.25, 0.3) is 11.1 Å². The minimum absolute atomic E-state index is 0.335. The number of fused-ring (bicyclic) bond motifs is 2. The number of rotatable bonds is 13. The second-order valence-corrected chi connectivity index (χ2v) is 10.4. The van der Waals surface area contributed by atoms with Crippen LogP contribution < -0.4 is 0 Å². The van der Waals surface area contributed by atoms with Crippen LogP contribution in [0.15, 0.2) is 60.0 Å². The van der Waals surface area contributed by atoms with Gasteiger partial charge in [0.25, 0.3) is 0 Å². The normalized spacial score (nSPS) is 14.3. The highest BCUT2D eigenvalue weighted by molar-refractivity contribution is 6.09. The molecule has 0 unspecified atom stereocenters. The molecule has 0 amide bonds. The van der Waals surface area contributed by atoms with Crippen molar-refractivity contribution >= 4 is 23.5 Å². The molecule has 0 N–H and O–H groups in total. The van der Waals surface area contributed by atoms with Gasteiger partial charge in [-0.1, -0.05) is 101 Å². The van der Waals surface area contributed by atoms with Crippen LogP contribution in [0.2, 0.25) is 0 Å². The molecule has 2 aliphatic rings. The molecular weight excluding hydrogens is 504 g/mol. The zero-order valence-corrected chi connectivity index (χ0v) is 24.0. The summed E-state index contributed by atoms with van der Waals surface area (Å²) in [4.78, 5) is 25.6. The molecular formula is C34H42O6. The Hall–Kier alpha value is -3.54. The maximum absolute atomic E-state index is 12.8. The van der Waals surface area contributed by atoms with Crippen LogP contribution in [0.4, 0.5) is 9.59 Å². The fourth-order valence-corrected chi connectivity index (χ4v) is 5.39. The summed E-state index contributed by atoms with van der Waals surface area (Å²) in [6.07, 6.45) is 9.30. The summed E-state index contributed by atoms with van der Waals surface area (Å²) >= 11 is 0. The van der Waals surface area contributed by atoms with Gasteiger partial charge in [-0.05, 0) is 47.9 Å². The highest BCUT2D eigenvalue weighted by Gasteiger charge is 2.32. The minimum Gasteiger partial charge on any atom is -0.434 e. The Morgan fingerprint density at radius 3 is 1.43 bits per heavy atom. The van der Waals surface area contributed by atoms with Gasteiger partial charge in [0.05, 0.1) is 13.2 Å². The summed E-state index contributed by atoms with van der Waals surface area (Å²) in [6.45, 7) is 4.96. The van der Waals surface area contributed by atoms with E-state index in [1.165, 1.54) is 0 Å². The lowest BCUT2D eigenvalue weighted by atomic mass is 9.78. The average molecular weight is 547 g/mol. The molecule has 214 valence electrons. The largest absolute Gasteiger partial charge is 0.513 e. The van der Waals surface area contributed by atoms with Crippen molar-refractivity contribution in [1.82, 2.24) is 0 Å². The summed E-state index contributed by atoms with van der Waals surface area (Å²) in [5.41, 5.74) is 5.82. The molecule has 0 saturated carbocycles. The standard InChI is InChI=1S/C34H42O6/c1-3-5-7-13-23-37-33(35)39-29-21-19-25-15-9-11-17-27(25)31(29)32-28-18-12-10-16-26(28)20-22-30(32)40-34(36)38-24-14-8-6-4-2/h9-12,15-18H,3-8,13-14,19-24H2,1-2H3. The van der Waals surface area contributed by atoms with Gasteiger partial charge in [-0.15, -0.1) is 0 Å². The van der Waals surface area contributed by atoms with E-state index in [2.05, 4.69) is 26.0 Å². The van der Waals surface area contributed by atoms with E-state index >= 15 is 0 Å². The summed E-state index contributed by atoms with van der Waals surface area (Å²) in [7, 11) is 0. The van der Waals surface area contributed by atoms with Gasteiger partial charge in [0.15, 0.2) is 0 Å². The van der Waals surface area contributed by atoms with Crippen molar-refractivity contribution in [3.63, 3.8) is 0 Å². The third kappa shape index (κ3) is 7.77. The molecule has 4 rings (SSSR count). The molecule has 2 aliphatic carbocycles. The van der Waals surface area contributed by atoms with Crippen molar-refractivity contribution in [3.8, 4) is 0 Å². The summed E-state index contributed by atoms with van der Waals surface area (Å²) in [6, 6.07) is 16.3. The monoisotopic (exact) mass is 546 g/mol. The molecule has 0 aliphatic heterocycles. The van der Waals surface area contributed by atoms with Crippen LogP contribution in [0.1, 0.15) is 100 Å². The molecule has 0 heterocycles. The Morgan fingerprint density at radius 1 is 0.575 bits per heavy atom. The third-order valence-electron chi connectivity index (χ3n) is 7.47. The Kier molecular flexibility index (Phi) is 11.3. The average Bonchev–Trinajstić information content (AvgIpc) is 2.97. The van der Waals surface area contributed by atoms with Crippen molar-refractivity contribution in [2.24, 2.45) is 0 Å². The molecule has 0 radical (unpaired) electrons. The van der Waals surface area contributed by atoms with Crippen LogP contribution in [0.5, 0.6) is 0 Å². The van der Waals surface area contributed by atoms with Gasteiger partial charge in [-0.25, -0.2) is 9.59 Å². The molecule has 6 nitrogen and oxygen atoms in total. The van der Waals surface area contributed by atoms with Gasteiger partial charge < -0.3 is 18.9 Å². The number of hydrogen-bond acceptors (Lipinski definition) is 6. The first-order chi connectivity index (χ1) is 19.6. The lowest BCUT2D eigenvalue weighted by molar-refractivity contribution is 0.0721. The second kappa shape index (κ2) is 15.3. The SMILES string of the molecule is CCCCCCOC(=O)OC1=C(C2=C(OC(=O)OCCCCCC)CCc3ccccc32)c2ccccc2CC1. The molecule has 0 aromatic heterocycles. The summed E-state index contributed by atoms with van der Waals surface area (Å²) in [5.74, 6) is 1.08. The van der Waals surface area contributed by atoms with E-state index in [1.807, 2.05) is 36.4 Å². The second-order valence-electron chi connectivity index (χ2n) is 10.4. The minimum atomic E-state index is -0.693. The van der Waals surface area contributed by atoms with Gasteiger partial charge in [0.2, 0.25) is 0 Å². The number of unbranched alkanes of at least 4 members (excludes halogenated alkanes) is 6. The van der Waals surface area contributed by atoms with E-state index in [1.54, 1.807) is 0 Å². The zero-order valence-electron chi connectivity index (χ0n) is 24.0. The molecule has 0 bridgehead atoms. The smallest absolute Gasteiger partial charge is 0.434 e. The Morgan fingerprint density at radius 2 is 1.00 bits per heavy atom. The van der Waals surface area contributed by atoms with Gasteiger partial charge in [-0.3, -0.25) is 0 Å². The van der Waals surface area contributed by atoms with E-state index in [0.717, 1.165) is 97.6 Å². The maximum Gasteiger partial charge on any atom is 0.513 e. The van der Waals surface area contributed by atoms with E-state index < -0.39 is 12.3 Å². The number of carbonyl (C=O) groups excluding carboxylic acids is 2. The van der Waals surface area contributed by atoms with E-state index in [4.69, 9.17) is 18.9 Å². The quantitative estimate of drug-likeness (QED) is 0.184. The first kappa shape index (κ1) is 29.4. The number of hydrogen-bond donors (Lipinski definition) is 0. The van der Waals surface area contributed by atoms with Crippen molar-refractivity contribution < 1.29 is 28.5 Å². The lowest BCUT2D eigenvalue weighted by Gasteiger charge is -2.29. The zero-order chi connectivity index (χ0) is 28.2. The topological polar surface area (TPSA) is 71.1 Å². The van der Waals surface area contributed by atoms with Gasteiger partial charge in [0, 0.05) is 24.0 Å². The maximum atomic E-state index is 12.8. The third-order valence-corrected chi connectivity index (χ3v) is 7.47. The van der Waals surface area contributed by atoms with Gasteiger partial charge in [0.1, 0.15) is 11.5 Å². The van der Waals surface area contributed by atoms with Crippen LogP contribution in [0, 0.1) is 0 Å². The predicted octanol–water partition coefficient (Wildman–Crippen LogP) is 9.17. The Balaban J connectivity index is 1.67. The number of allylic oxidation sites excluding steroid dienone is 4. The van der Waals surface area contributed by atoms with Crippen molar-refractivity contribution in [2.45, 2.75) is 90.9 Å². The summed E-state index contributed by atoms with van der Waals surface area (Å²) < 4.78 is 22.7. The van der Waals surface area contributed by atoms with E-state index in [9.17, 15) is 9.59 Å².